The van der Waals surface area contributed by atoms with Gasteiger partial charge in [-0.1, -0.05) is 15.9 Å². The zero-order valence-corrected chi connectivity index (χ0v) is 15.2. The third-order valence-electron chi connectivity index (χ3n) is 5.36. The number of anilines is 1. The molecule has 127 valence electrons. The molecule has 2 aromatic rings. The topological polar surface area (TPSA) is 28.2 Å². The first-order valence-corrected chi connectivity index (χ1v) is 9.59. The summed E-state index contributed by atoms with van der Waals surface area (Å²) >= 11 is 3.54. The summed E-state index contributed by atoms with van der Waals surface area (Å²) in [6, 6.07) is 10.4. The molecule has 1 aliphatic carbocycles. The molecule has 24 heavy (non-hydrogen) atoms. The zero-order chi connectivity index (χ0) is 16.5. The van der Waals surface area contributed by atoms with Crippen LogP contribution in [-0.2, 0) is 0 Å². The molecule has 0 unspecified atom stereocenters. The Balaban J connectivity index is 1.41. The van der Waals surface area contributed by atoms with Crippen molar-refractivity contribution >= 4 is 32.5 Å². The number of rotatable bonds is 3. The van der Waals surface area contributed by atoms with Crippen molar-refractivity contribution in [1.29, 1.82) is 0 Å². The summed E-state index contributed by atoms with van der Waals surface area (Å²) in [5, 5.41) is 4.77. The molecular formula is C19H22BrFN3. The number of aromatic nitrogens is 1. The van der Waals surface area contributed by atoms with Crippen LogP contribution in [-0.4, -0.2) is 41.2 Å². The first-order chi connectivity index (χ1) is 11.7. The molecule has 4 rings (SSSR count). The number of nitrogens with zero attached hydrogens (tertiary/aromatic N) is 2. The van der Waals surface area contributed by atoms with Crippen molar-refractivity contribution in [3.05, 3.63) is 34.9 Å². The van der Waals surface area contributed by atoms with E-state index in [1.807, 2.05) is 12.1 Å². The third kappa shape index (κ3) is 3.42. The lowest BCUT2D eigenvalue weighted by Crippen LogP contribution is -2.39. The quantitative estimate of drug-likeness (QED) is 0.831. The van der Waals surface area contributed by atoms with E-state index >= 15 is 0 Å². The van der Waals surface area contributed by atoms with Crippen molar-refractivity contribution < 1.29 is 4.39 Å². The number of nitrogens with one attached hydrogen (secondary N) is 1. The van der Waals surface area contributed by atoms with Crippen molar-refractivity contribution in [2.45, 2.75) is 50.4 Å². The van der Waals surface area contributed by atoms with Crippen molar-refractivity contribution in [3.63, 3.8) is 0 Å². The SMILES string of the molecule is F[C@@H]1CCN(C2CCC(Nc3[c]cnc4ccc(Br)cc34)CC2)C1. The number of likely N-dealkylation sites (tertiary alicyclic amines) is 1. The fraction of sp³-hybridized carbons (Fsp3) is 0.526. The highest BCUT2D eigenvalue weighted by Gasteiger charge is 2.31. The maximum absolute atomic E-state index is 13.4. The highest BCUT2D eigenvalue weighted by atomic mass is 79.9. The Kier molecular flexibility index (Phi) is 4.72. The van der Waals surface area contributed by atoms with Crippen LogP contribution < -0.4 is 5.32 Å². The molecule has 1 atom stereocenters. The Hall–Kier alpha value is -1.20. The Bertz CT molecular complexity index is 715. The first kappa shape index (κ1) is 16.3. The second-order valence-corrected chi connectivity index (χ2v) is 7.89. The van der Waals surface area contributed by atoms with Gasteiger partial charge in [0.2, 0.25) is 0 Å². The number of fused-ring (bicyclic) bond motifs is 1. The van der Waals surface area contributed by atoms with Crippen molar-refractivity contribution in [3.8, 4) is 0 Å². The van der Waals surface area contributed by atoms with Gasteiger partial charge in [-0.3, -0.25) is 9.88 Å². The minimum atomic E-state index is -0.614. The van der Waals surface area contributed by atoms with E-state index in [-0.39, 0.29) is 0 Å². The highest BCUT2D eigenvalue weighted by Crippen LogP contribution is 2.31. The van der Waals surface area contributed by atoms with Gasteiger partial charge >= 0.3 is 0 Å². The van der Waals surface area contributed by atoms with E-state index in [4.69, 9.17) is 0 Å². The van der Waals surface area contributed by atoms with E-state index in [1.54, 1.807) is 6.20 Å². The van der Waals surface area contributed by atoms with Gasteiger partial charge in [0.25, 0.3) is 0 Å². The largest absolute Gasteiger partial charge is 0.381 e. The third-order valence-corrected chi connectivity index (χ3v) is 5.86. The first-order valence-electron chi connectivity index (χ1n) is 8.79. The molecule has 1 N–H and O–H groups in total. The van der Waals surface area contributed by atoms with Crippen molar-refractivity contribution in [2.75, 3.05) is 18.4 Å². The molecule has 5 heteroatoms. The number of pyridine rings is 1. The van der Waals surface area contributed by atoms with Gasteiger partial charge in [-0.05, 0) is 50.3 Å². The van der Waals surface area contributed by atoms with E-state index in [2.05, 4.69) is 43.3 Å². The van der Waals surface area contributed by atoms with Gasteiger partial charge in [-0.15, -0.1) is 0 Å². The summed E-state index contributed by atoms with van der Waals surface area (Å²) in [6.07, 6.45) is 6.40. The number of hydrogen-bond donors (Lipinski definition) is 1. The highest BCUT2D eigenvalue weighted by molar-refractivity contribution is 9.10. The molecule has 1 saturated heterocycles. The van der Waals surface area contributed by atoms with E-state index in [9.17, 15) is 4.39 Å². The summed E-state index contributed by atoms with van der Waals surface area (Å²) in [5.74, 6) is 0. The van der Waals surface area contributed by atoms with Gasteiger partial charge < -0.3 is 5.32 Å². The summed E-state index contributed by atoms with van der Waals surface area (Å²) in [6.45, 7) is 1.57. The maximum Gasteiger partial charge on any atom is 0.114 e. The normalized spacial score (nSPS) is 28.3. The van der Waals surface area contributed by atoms with E-state index in [0.29, 0.717) is 25.0 Å². The molecule has 0 amide bonds. The molecule has 1 radical (unpaired) electrons. The predicted molar refractivity (Wildman–Crippen MR) is 99.0 cm³/mol. The number of halogens is 2. The molecule has 1 aromatic carbocycles. The van der Waals surface area contributed by atoms with Gasteiger partial charge in [0.1, 0.15) is 6.17 Å². The molecule has 2 heterocycles. The number of hydrogen-bond acceptors (Lipinski definition) is 3. The zero-order valence-electron chi connectivity index (χ0n) is 13.6. The minimum absolute atomic E-state index is 0.464. The van der Waals surface area contributed by atoms with E-state index in [0.717, 1.165) is 53.3 Å². The van der Waals surface area contributed by atoms with Crippen LogP contribution in [0.25, 0.3) is 10.9 Å². The Labute approximate surface area is 150 Å². The molecule has 1 saturated carbocycles. The molecular weight excluding hydrogens is 369 g/mol. The standard InChI is InChI=1S/C19H22BrFN3/c20-13-1-6-18-17(11-13)19(7-9-22-18)23-15-2-4-16(5-3-15)24-10-8-14(21)12-24/h1,6,9,11,14-16H,2-5,8,10,12H2,(H,22,23)/t14-,15?,16?/m1/s1. The van der Waals surface area contributed by atoms with Crippen molar-refractivity contribution in [1.82, 2.24) is 9.88 Å². The van der Waals surface area contributed by atoms with Crippen molar-refractivity contribution in [2.24, 2.45) is 0 Å². The van der Waals surface area contributed by atoms with E-state index in [1.165, 1.54) is 0 Å². The smallest absolute Gasteiger partial charge is 0.114 e. The number of benzene rings is 1. The van der Waals surface area contributed by atoms with Crippen LogP contribution in [0.4, 0.5) is 10.1 Å². The monoisotopic (exact) mass is 390 g/mol. The Morgan fingerprint density at radius 2 is 2.04 bits per heavy atom. The predicted octanol–water partition coefficient (Wildman–Crippen LogP) is 4.56. The summed E-state index contributed by atoms with van der Waals surface area (Å²) < 4.78 is 14.5. The van der Waals surface area contributed by atoms with Crippen LogP contribution >= 0.6 is 15.9 Å². The van der Waals surface area contributed by atoms with Gasteiger partial charge in [0.15, 0.2) is 0 Å². The fourth-order valence-corrected chi connectivity index (χ4v) is 4.41. The maximum atomic E-state index is 13.4. The molecule has 1 aliphatic heterocycles. The summed E-state index contributed by atoms with van der Waals surface area (Å²) in [4.78, 5) is 6.74. The van der Waals surface area contributed by atoms with Crippen LogP contribution in [0.1, 0.15) is 32.1 Å². The Morgan fingerprint density at radius 1 is 1.21 bits per heavy atom. The van der Waals surface area contributed by atoms with Crippen LogP contribution in [0.2, 0.25) is 0 Å². The summed E-state index contributed by atoms with van der Waals surface area (Å²) in [7, 11) is 0. The molecule has 2 fully saturated rings. The summed E-state index contributed by atoms with van der Waals surface area (Å²) in [5.41, 5.74) is 2.02. The van der Waals surface area contributed by atoms with E-state index < -0.39 is 6.17 Å². The fourth-order valence-electron chi connectivity index (χ4n) is 4.05. The molecule has 1 aromatic heterocycles. The van der Waals surface area contributed by atoms with Crippen LogP contribution in [0, 0.1) is 6.07 Å². The minimum Gasteiger partial charge on any atom is -0.381 e. The van der Waals surface area contributed by atoms with Crippen LogP contribution in [0.15, 0.2) is 28.9 Å². The van der Waals surface area contributed by atoms with Gasteiger partial charge in [0, 0.05) is 47.3 Å². The lowest BCUT2D eigenvalue weighted by Gasteiger charge is -2.35. The Morgan fingerprint density at radius 3 is 2.79 bits per heavy atom. The molecule has 0 spiro atoms. The molecule has 3 nitrogen and oxygen atoms in total. The lowest BCUT2D eigenvalue weighted by atomic mass is 9.90. The average molecular weight is 391 g/mol. The lowest BCUT2D eigenvalue weighted by molar-refractivity contribution is 0.173. The second-order valence-electron chi connectivity index (χ2n) is 6.97. The average Bonchev–Trinajstić information content (AvgIpc) is 3.03. The second kappa shape index (κ2) is 6.96. The van der Waals surface area contributed by atoms with Crippen LogP contribution in [0.5, 0.6) is 0 Å². The van der Waals surface area contributed by atoms with Crippen LogP contribution in [0.3, 0.4) is 0 Å². The van der Waals surface area contributed by atoms with Gasteiger partial charge in [-0.25, -0.2) is 4.39 Å². The molecule has 0 bridgehead atoms. The number of alkyl halides is 1. The van der Waals surface area contributed by atoms with Gasteiger partial charge in [0.05, 0.1) is 11.2 Å². The van der Waals surface area contributed by atoms with Gasteiger partial charge in [-0.2, -0.15) is 0 Å². The molecule has 2 aliphatic rings.